The van der Waals surface area contributed by atoms with Crippen LogP contribution in [0.15, 0.2) is 65.8 Å². The number of anilines is 2. The van der Waals surface area contributed by atoms with E-state index < -0.39 is 5.97 Å². The van der Waals surface area contributed by atoms with Crippen LogP contribution in [-0.4, -0.2) is 58.6 Å². The highest BCUT2D eigenvalue weighted by molar-refractivity contribution is 7.99. The number of hydrogen-bond donors (Lipinski definition) is 0. The van der Waals surface area contributed by atoms with Gasteiger partial charge in [-0.05, 0) is 50.5 Å². The summed E-state index contributed by atoms with van der Waals surface area (Å²) < 4.78 is 7.10. The monoisotopic (exact) mass is 479 g/mol. The van der Waals surface area contributed by atoms with Crippen molar-refractivity contribution in [3.05, 3.63) is 60.7 Å². The van der Waals surface area contributed by atoms with Gasteiger partial charge >= 0.3 is 5.97 Å². The van der Waals surface area contributed by atoms with Crippen LogP contribution >= 0.6 is 11.8 Å². The molecule has 1 fully saturated rings. The van der Waals surface area contributed by atoms with Gasteiger partial charge in [-0.2, -0.15) is 0 Å². The third-order valence-electron chi connectivity index (χ3n) is 5.56. The van der Waals surface area contributed by atoms with Gasteiger partial charge in [-0.1, -0.05) is 48.2 Å². The lowest BCUT2D eigenvalue weighted by Gasteiger charge is -2.27. The smallest absolute Gasteiger partial charge is 0.326 e. The Kier molecular flexibility index (Phi) is 8.19. The van der Waals surface area contributed by atoms with Crippen LogP contribution in [0.1, 0.15) is 26.2 Å². The van der Waals surface area contributed by atoms with Gasteiger partial charge in [0.1, 0.15) is 6.54 Å². The average Bonchev–Trinajstić information content (AvgIpc) is 3.31. The molecule has 0 unspecified atom stereocenters. The van der Waals surface area contributed by atoms with Crippen LogP contribution in [-0.2, 0) is 14.3 Å². The number of hydrogen-bond acceptors (Lipinski definition) is 7. The number of piperidine rings is 1. The molecule has 1 aliphatic rings. The first-order chi connectivity index (χ1) is 16.7. The maximum absolute atomic E-state index is 13.2. The van der Waals surface area contributed by atoms with Gasteiger partial charge in [0.05, 0.1) is 18.0 Å². The lowest BCUT2D eigenvalue weighted by molar-refractivity contribution is -0.142. The molecular formula is C25H29N5O3S. The summed E-state index contributed by atoms with van der Waals surface area (Å²) in [6.07, 6.45) is 3.48. The molecule has 0 atom stereocenters. The summed E-state index contributed by atoms with van der Waals surface area (Å²) in [7, 11) is 0. The highest BCUT2D eigenvalue weighted by Crippen LogP contribution is 2.29. The first-order valence-electron chi connectivity index (χ1n) is 11.6. The van der Waals surface area contributed by atoms with E-state index in [0.29, 0.717) is 10.8 Å². The van der Waals surface area contributed by atoms with Crippen LogP contribution < -0.4 is 9.80 Å². The molecule has 4 rings (SSSR count). The lowest BCUT2D eigenvalue weighted by Crippen LogP contribution is -2.37. The molecule has 3 aromatic rings. The largest absolute Gasteiger partial charge is 0.465 e. The summed E-state index contributed by atoms with van der Waals surface area (Å²) in [4.78, 5) is 29.1. The van der Waals surface area contributed by atoms with Crippen LogP contribution in [0.25, 0.3) is 5.69 Å². The van der Waals surface area contributed by atoms with Crippen molar-refractivity contribution < 1.29 is 14.3 Å². The zero-order valence-corrected chi connectivity index (χ0v) is 20.1. The molecule has 1 aliphatic heterocycles. The quantitative estimate of drug-likeness (QED) is 0.340. The normalized spacial score (nSPS) is 13.5. The van der Waals surface area contributed by atoms with Gasteiger partial charge in [0.15, 0.2) is 5.16 Å². The molecule has 0 aliphatic carbocycles. The molecule has 0 spiro atoms. The zero-order chi connectivity index (χ0) is 23.8. The van der Waals surface area contributed by atoms with E-state index >= 15 is 0 Å². The zero-order valence-electron chi connectivity index (χ0n) is 19.3. The minimum absolute atomic E-state index is 0.110. The van der Waals surface area contributed by atoms with E-state index in [2.05, 4.69) is 15.1 Å². The molecule has 0 N–H and O–H groups in total. The fraction of sp³-hybridized carbons (Fsp3) is 0.360. The lowest BCUT2D eigenvalue weighted by atomic mass is 10.1. The number of esters is 1. The van der Waals surface area contributed by atoms with Crippen molar-refractivity contribution in [1.82, 2.24) is 14.8 Å². The first kappa shape index (κ1) is 23.8. The molecular weight excluding hydrogens is 450 g/mol. The van der Waals surface area contributed by atoms with Gasteiger partial charge in [-0.15, -0.1) is 10.2 Å². The van der Waals surface area contributed by atoms with E-state index in [9.17, 15) is 9.59 Å². The van der Waals surface area contributed by atoms with Crippen LogP contribution in [0.3, 0.4) is 0 Å². The Labute approximate surface area is 203 Å². The van der Waals surface area contributed by atoms with E-state index in [1.54, 1.807) is 6.92 Å². The molecule has 34 heavy (non-hydrogen) atoms. The minimum atomic E-state index is -0.440. The Hall–Kier alpha value is -3.33. The number of ether oxygens (including phenoxy) is 1. The van der Waals surface area contributed by atoms with Crippen LogP contribution in [0.5, 0.6) is 0 Å². The third-order valence-corrected chi connectivity index (χ3v) is 6.47. The Bertz CT molecular complexity index is 1080. The number of rotatable bonds is 9. The van der Waals surface area contributed by atoms with E-state index in [-0.39, 0.29) is 24.8 Å². The number of amides is 1. The maximum Gasteiger partial charge on any atom is 0.326 e. The number of benzene rings is 2. The number of carbonyl (C=O) groups excluding carboxylic acids is 2. The standard InChI is InChI=1S/C25H29N5O3S/c1-2-33-23(32)18-29(20-12-6-3-7-13-20)22(31)19-34-25-27-26-24(28-16-10-5-11-17-28)30(25)21-14-8-4-9-15-21/h3-4,6-9,12-15H,2,5,10-11,16-19H2,1H3. The maximum atomic E-state index is 13.2. The summed E-state index contributed by atoms with van der Waals surface area (Å²) >= 11 is 1.32. The molecule has 0 radical (unpaired) electrons. The third kappa shape index (κ3) is 5.77. The van der Waals surface area contributed by atoms with Gasteiger partial charge in [0.2, 0.25) is 11.9 Å². The Morgan fingerprint density at radius 1 is 0.971 bits per heavy atom. The van der Waals surface area contributed by atoms with Gasteiger partial charge in [-0.25, -0.2) is 0 Å². The topological polar surface area (TPSA) is 80.6 Å². The number of nitrogens with zero attached hydrogens (tertiary/aromatic N) is 5. The second-order valence-corrected chi connectivity index (χ2v) is 8.85. The van der Waals surface area contributed by atoms with Crippen molar-refractivity contribution in [3.8, 4) is 5.69 Å². The van der Waals surface area contributed by atoms with Crippen molar-refractivity contribution >= 4 is 35.3 Å². The molecule has 1 amide bonds. The molecule has 2 aromatic carbocycles. The number of thioether (sulfide) groups is 1. The molecule has 1 saturated heterocycles. The molecule has 8 nitrogen and oxygen atoms in total. The predicted molar refractivity (Wildman–Crippen MR) is 134 cm³/mol. The molecule has 2 heterocycles. The van der Waals surface area contributed by atoms with Crippen molar-refractivity contribution in [2.75, 3.05) is 41.8 Å². The number of para-hydroxylation sites is 2. The van der Waals surface area contributed by atoms with Crippen LogP contribution in [0.2, 0.25) is 0 Å². The van der Waals surface area contributed by atoms with Gasteiger partial charge in [-0.3, -0.25) is 14.2 Å². The number of aromatic nitrogens is 3. The highest BCUT2D eigenvalue weighted by Gasteiger charge is 2.24. The van der Waals surface area contributed by atoms with Crippen LogP contribution in [0.4, 0.5) is 11.6 Å². The fourth-order valence-electron chi connectivity index (χ4n) is 3.93. The predicted octanol–water partition coefficient (Wildman–Crippen LogP) is 3.95. The summed E-state index contributed by atoms with van der Waals surface area (Å²) in [6.45, 7) is 3.76. The van der Waals surface area contributed by atoms with E-state index in [0.717, 1.165) is 37.6 Å². The fourth-order valence-corrected chi connectivity index (χ4v) is 4.75. The highest BCUT2D eigenvalue weighted by atomic mass is 32.2. The molecule has 0 bridgehead atoms. The summed E-state index contributed by atoms with van der Waals surface area (Å²) in [5.41, 5.74) is 1.61. The minimum Gasteiger partial charge on any atom is -0.465 e. The Morgan fingerprint density at radius 3 is 2.32 bits per heavy atom. The van der Waals surface area contributed by atoms with Crippen molar-refractivity contribution in [2.45, 2.75) is 31.3 Å². The summed E-state index contributed by atoms with van der Waals surface area (Å²) in [5.74, 6) is 0.266. The molecule has 9 heteroatoms. The second-order valence-electron chi connectivity index (χ2n) is 7.91. The van der Waals surface area contributed by atoms with E-state index in [4.69, 9.17) is 4.74 Å². The SMILES string of the molecule is CCOC(=O)CN(C(=O)CSc1nnc(N2CCCCC2)n1-c1ccccc1)c1ccccc1. The molecule has 1 aromatic heterocycles. The van der Waals surface area contributed by atoms with E-state index in [1.165, 1.54) is 23.1 Å². The first-order valence-corrected chi connectivity index (χ1v) is 12.6. The summed E-state index contributed by atoms with van der Waals surface area (Å²) in [5, 5.41) is 9.57. The molecule has 178 valence electrons. The van der Waals surface area contributed by atoms with Gasteiger partial charge < -0.3 is 14.5 Å². The van der Waals surface area contributed by atoms with Crippen molar-refractivity contribution in [3.63, 3.8) is 0 Å². The van der Waals surface area contributed by atoms with Crippen molar-refractivity contribution in [1.29, 1.82) is 0 Å². The Balaban J connectivity index is 1.56. The number of carbonyl (C=O) groups is 2. The van der Waals surface area contributed by atoms with Crippen molar-refractivity contribution in [2.24, 2.45) is 0 Å². The molecule has 0 saturated carbocycles. The average molecular weight is 480 g/mol. The Morgan fingerprint density at radius 2 is 1.65 bits per heavy atom. The van der Waals surface area contributed by atoms with Crippen LogP contribution in [0, 0.1) is 0 Å². The summed E-state index contributed by atoms with van der Waals surface area (Å²) in [6, 6.07) is 19.1. The second kappa shape index (κ2) is 11.7. The van der Waals surface area contributed by atoms with E-state index in [1.807, 2.05) is 65.2 Å². The van der Waals surface area contributed by atoms with Gasteiger partial charge in [0, 0.05) is 18.8 Å². The van der Waals surface area contributed by atoms with Gasteiger partial charge in [0.25, 0.3) is 0 Å².